The summed E-state index contributed by atoms with van der Waals surface area (Å²) in [5.41, 5.74) is 3.36. The molecule has 1 aliphatic rings. The fourth-order valence-electron chi connectivity index (χ4n) is 4.33. The molecule has 0 saturated carbocycles. The molecule has 0 radical (unpaired) electrons. The average molecular weight is 487 g/mol. The van der Waals surface area contributed by atoms with Gasteiger partial charge in [0.25, 0.3) is 0 Å². The number of nitrogens with zero attached hydrogens (tertiary/aromatic N) is 2. The average Bonchev–Trinajstić information content (AvgIpc) is 2.89. The van der Waals surface area contributed by atoms with E-state index in [0.29, 0.717) is 31.2 Å². The van der Waals surface area contributed by atoms with Gasteiger partial charge in [-0.2, -0.15) is 0 Å². The highest BCUT2D eigenvalue weighted by atomic mass is 16.5. The molecule has 2 aromatic carbocycles. The van der Waals surface area contributed by atoms with Crippen LogP contribution in [-0.4, -0.2) is 47.4 Å². The van der Waals surface area contributed by atoms with Gasteiger partial charge in [-0.3, -0.25) is 9.59 Å². The molecular formula is C29H34N4O3. The Labute approximate surface area is 212 Å². The third kappa shape index (κ3) is 7.15. The molecule has 4 rings (SSSR count). The van der Waals surface area contributed by atoms with Gasteiger partial charge in [0.2, 0.25) is 11.8 Å². The highest BCUT2D eigenvalue weighted by Crippen LogP contribution is 2.21. The Morgan fingerprint density at radius 1 is 1.03 bits per heavy atom. The van der Waals surface area contributed by atoms with Crippen molar-refractivity contribution in [1.82, 2.24) is 15.2 Å². The molecule has 0 unspecified atom stereocenters. The fraction of sp³-hybridized carbons (Fsp3) is 0.345. The van der Waals surface area contributed by atoms with E-state index in [2.05, 4.69) is 46.8 Å². The largest absolute Gasteiger partial charge is 0.489 e. The first-order valence-corrected chi connectivity index (χ1v) is 12.5. The lowest BCUT2D eigenvalue weighted by atomic mass is 10.1. The lowest BCUT2D eigenvalue weighted by molar-refractivity contribution is -0.130. The minimum absolute atomic E-state index is 0.0584. The van der Waals surface area contributed by atoms with Crippen LogP contribution in [0.15, 0.2) is 72.9 Å². The highest BCUT2D eigenvalue weighted by molar-refractivity contribution is 5.94. The lowest BCUT2D eigenvalue weighted by Gasteiger charge is -2.31. The van der Waals surface area contributed by atoms with E-state index in [1.807, 2.05) is 41.3 Å². The molecule has 2 N–H and O–H groups in total. The number of likely N-dealkylation sites (tertiary alicyclic amines) is 1. The number of rotatable bonds is 9. The van der Waals surface area contributed by atoms with Crippen LogP contribution < -0.4 is 15.4 Å². The maximum absolute atomic E-state index is 13.2. The summed E-state index contributed by atoms with van der Waals surface area (Å²) in [5, 5.41) is 6.34. The van der Waals surface area contributed by atoms with Gasteiger partial charge in [0.15, 0.2) is 0 Å². The number of ether oxygens (including phenoxy) is 1. The van der Waals surface area contributed by atoms with Gasteiger partial charge in [-0.25, -0.2) is 4.98 Å². The number of piperidine rings is 1. The Morgan fingerprint density at radius 2 is 1.75 bits per heavy atom. The molecule has 1 aromatic heterocycles. The zero-order valence-electron chi connectivity index (χ0n) is 20.9. The molecule has 1 aliphatic heterocycles. The molecule has 36 heavy (non-hydrogen) atoms. The van der Waals surface area contributed by atoms with Crippen molar-refractivity contribution in [3.63, 3.8) is 0 Å². The van der Waals surface area contributed by atoms with Gasteiger partial charge in [0.05, 0.1) is 6.20 Å². The van der Waals surface area contributed by atoms with Crippen LogP contribution in [0, 0.1) is 6.92 Å². The van der Waals surface area contributed by atoms with Crippen molar-refractivity contribution in [2.75, 3.05) is 25.0 Å². The summed E-state index contributed by atoms with van der Waals surface area (Å²) in [7, 11) is 0. The van der Waals surface area contributed by atoms with Crippen LogP contribution >= 0.6 is 0 Å². The van der Waals surface area contributed by atoms with Crippen molar-refractivity contribution < 1.29 is 14.3 Å². The molecule has 0 aliphatic carbocycles. The minimum atomic E-state index is -0.499. The number of anilines is 1. The minimum Gasteiger partial charge on any atom is -0.489 e. The number of aromatic nitrogens is 1. The molecular weight excluding hydrogens is 452 g/mol. The Balaban J connectivity index is 1.33. The molecule has 2 heterocycles. The number of carbonyl (C=O) groups is 2. The molecule has 188 valence electrons. The fourth-order valence-corrected chi connectivity index (χ4v) is 4.33. The number of aryl methyl sites for hydroxylation is 1. The first-order valence-electron chi connectivity index (χ1n) is 12.5. The zero-order chi connectivity index (χ0) is 25.3. The van der Waals surface area contributed by atoms with Gasteiger partial charge >= 0.3 is 0 Å². The zero-order valence-corrected chi connectivity index (χ0v) is 20.9. The van der Waals surface area contributed by atoms with E-state index >= 15 is 0 Å². The molecule has 7 heteroatoms. The number of hydrogen-bond acceptors (Lipinski definition) is 5. The number of pyridine rings is 1. The standard InChI is InChI=1S/C29H34N4O3/c1-21-8-10-23(11-9-21)14-17-30-28(24-6-4-3-5-7-24)29(35)32-27-13-12-26(20-31-27)36-25-15-18-33(19-16-25)22(2)34/h3-13,20,25,28,30H,14-19H2,1-2H3,(H,31,32,35)/t28-/m0/s1. The summed E-state index contributed by atoms with van der Waals surface area (Å²) in [6, 6.07) is 21.2. The van der Waals surface area contributed by atoms with E-state index in [0.717, 1.165) is 24.8 Å². The number of carbonyl (C=O) groups excluding carboxylic acids is 2. The van der Waals surface area contributed by atoms with Crippen molar-refractivity contribution in [2.45, 2.75) is 45.3 Å². The smallest absolute Gasteiger partial charge is 0.247 e. The normalized spacial score (nSPS) is 14.8. The summed E-state index contributed by atoms with van der Waals surface area (Å²) in [5.74, 6) is 1.07. The van der Waals surface area contributed by atoms with Crippen LogP contribution in [0.5, 0.6) is 5.75 Å². The number of hydrogen-bond donors (Lipinski definition) is 2. The topological polar surface area (TPSA) is 83.6 Å². The van der Waals surface area contributed by atoms with Crippen LogP contribution in [0.25, 0.3) is 0 Å². The maximum atomic E-state index is 13.2. The number of benzene rings is 2. The first-order chi connectivity index (χ1) is 17.5. The van der Waals surface area contributed by atoms with Crippen molar-refractivity contribution in [3.05, 3.63) is 89.6 Å². The third-order valence-corrected chi connectivity index (χ3v) is 6.46. The summed E-state index contributed by atoms with van der Waals surface area (Å²) in [4.78, 5) is 30.9. The van der Waals surface area contributed by atoms with Crippen molar-refractivity contribution >= 4 is 17.6 Å². The van der Waals surface area contributed by atoms with Crippen molar-refractivity contribution in [1.29, 1.82) is 0 Å². The van der Waals surface area contributed by atoms with Gasteiger partial charge in [-0.1, -0.05) is 60.2 Å². The second-order valence-corrected chi connectivity index (χ2v) is 9.23. The van der Waals surface area contributed by atoms with E-state index in [9.17, 15) is 9.59 Å². The van der Waals surface area contributed by atoms with Crippen LogP contribution in [0.3, 0.4) is 0 Å². The van der Waals surface area contributed by atoms with E-state index in [4.69, 9.17) is 4.74 Å². The molecule has 1 saturated heterocycles. The van der Waals surface area contributed by atoms with Gasteiger partial charge in [-0.05, 0) is 36.6 Å². The van der Waals surface area contributed by atoms with Crippen LogP contribution in [0.2, 0.25) is 0 Å². The molecule has 1 atom stereocenters. The van der Waals surface area contributed by atoms with Gasteiger partial charge in [-0.15, -0.1) is 0 Å². The Morgan fingerprint density at radius 3 is 2.39 bits per heavy atom. The summed E-state index contributed by atoms with van der Waals surface area (Å²) < 4.78 is 6.04. The van der Waals surface area contributed by atoms with Gasteiger partial charge in [0.1, 0.15) is 23.7 Å². The summed E-state index contributed by atoms with van der Waals surface area (Å²) in [6.45, 7) is 5.75. The molecule has 0 spiro atoms. The van der Waals surface area contributed by atoms with Crippen LogP contribution in [0.4, 0.5) is 5.82 Å². The maximum Gasteiger partial charge on any atom is 0.247 e. The highest BCUT2D eigenvalue weighted by Gasteiger charge is 2.23. The third-order valence-electron chi connectivity index (χ3n) is 6.46. The van der Waals surface area contributed by atoms with E-state index < -0.39 is 6.04 Å². The summed E-state index contributed by atoms with van der Waals surface area (Å²) in [6.07, 6.45) is 4.11. The molecule has 0 bridgehead atoms. The van der Waals surface area contributed by atoms with E-state index in [-0.39, 0.29) is 17.9 Å². The van der Waals surface area contributed by atoms with E-state index in [1.165, 1.54) is 11.1 Å². The predicted molar refractivity (Wildman–Crippen MR) is 141 cm³/mol. The SMILES string of the molecule is CC(=O)N1CCC(Oc2ccc(NC(=O)[C@@H](NCCc3ccc(C)cc3)c3ccccc3)nc2)CC1. The Bertz CT molecular complexity index is 1130. The van der Waals surface area contributed by atoms with Crippen LogP contribution in [0.1, 0.15) is 42.5 Å². The second kappa shape index (κ2) is 12.3. The first kappa shape index (κ1) is 25.4. The lowest BCUT2D eigenvalue weighted by Crippen LogP contribution is -2.40. The molecule has 1 fully saturated rings. The quantitative estimate of drug-likeness (QED) is 0.471. The Hall–Kier alpha value is -3.71. The van der Waals surface area contributed by atoms with Gasteiger partial charge in [0, 0.05) is 39.4 Å². The van der Waals surface area contributed by atoms with Crippen molar-refractivity contribution in [3.8, 4) is 5.75 Å². The van der Waals surface area contributed by atoms with Crippen molar-refractivity contribution in [2.24, 2.45) is 0 Å². The second-order valence-electron chi connectivity index (χ2n) is 9.23. The molecule has 3 aromatic rings. The molecule has 7 nitrogen and oxygen atoms in total. The summed E-state index contributed by atoms with van der Waals surface area (Å²) >= 11 is 0. The van der Waals surface area contributed by atoms with Gasteiger partial charge < -0.3 is 20.3 Å². The van der Waals surface area contributed by atoms with Crippen LogP contribution in [-0.2, 0) is 16.0 Å². The monoisotopic (exact) mass is 486 g/mol. The predicted octanol–water partition coefficient (Wildman–Crippen LogP) is 4.29. The van der Waals surface area contributed by atoms with E-state index in [1.54, 1.807) is 19.2 Å². The number of nitrogens with one attached hydrogen (secondary N) is 2. The Kier molecular flexibility index (Phi) is 8.68. The number of amides is 2. The molecule has 2 amide bonds.